The Labute approximate surface area is 109 Å². The molecule has 1 unspecified atom stereocenters. The minimum absolute atomic E-state index is 0.152. The smallest absolute Gasteiger partial charge is 0.151 e. The van der Waals surface area contributed by atoms with E-state index in [1.165, 1.54) is 17.4 Å². The first kappa shape index (κ1) is 12.2. The number of fused-ring (bicyclic) bond motifs is 1. The number of nitrogens with zero attached hydrogens (tertiary/aromatic N) is 1. The van der Waals surface area contributed by atoms with Crippen LogP contribution < -0.4 is 0 Å². The van der Waals surface area contributed by atoms with Crippen LogP contribution in [0.15, 0.2) is 24.3 Å². The molecule has 18 heavy (non-hydrogen) atoms. The summed E-state index contributed by atoms with van der Waals surface area (Å²) in [5, 5.41) is -0.152. The molecule has 1 aliphatic heterocycles. The maximum absolute atomic E-state index is 11.6. The van der Waals surface area contributed by atoms with E-state index in [1.807, 2.05) is 0 Å². The summed E-state index contributed by atoms with van der Waals surface area (Å²) in [6.07, 6.45) is 4.32. The zero-order valence-electron chi connectivity index (χ0n) is 10.7. The van der Waals surface area contributed by atoms with Gasteiger partial charge in [0.1, 0.15) is 0 Å². The van der Waals surface area contributed by atoms with E-state index in [4.69, 9.17) is 0 Å². The molecule has 1 aromatic rings. The van der Waals surface area contributed by atoms with Crippen molar-refractivity contribution in [2.24, 2.45) is 0 Å². The molecular formula is C14H19NO2S. The first-order valence-electron chi connectivity index (χ1n) is 6.54. The van der Waals surface area contributed by atoms with E-state index in [9.17, 15) is 8.42 Å². The van der Waals surface area contributed by atoms with Crippen LogP contribution in [-0.2, 0) is 22.7 Å². The third-order valence-electron chi connectivity index (χ3n) is 4.33. The predicted molar refractivity (Wildman–Crippen MR) is 72.5 cm³/mol. The standard InChI is InChI=1S/C14H19NO2S/c1-18(16,17)14-6-7-15(10-14)13-8-11-4-2-3-5-12(11)9-13/h2-5,13-14H,6-10H2,1H3. The lowest BCUT2D eigenvalue weighted by Gasteiger charge is -2.23. The number of rotatable bonds is 2. The molecule has 0 amide bonds. The molecule has 0 spiro atoms. The fraction of sp³-hybridized carbons (Fsp3) is 0.571. The van der Waals surface area contributed by atoms with Gasteiger partial charge in [0.05, 0.1) is 5.25 Å². The van der Waals surface area contributed by atoms with Crippen LogP contribution >= 0.6 is 0 Å². The van der Waals surface area contributed by atoms with Gasteiger partial charge in [-0.25, -0.2) is 8.42 Å². The maximum atomic E-state index is 11.6. The van der Waals surface area contributed by atoms with Crippen molar-refractivity contribution in [3.63, 3.8) is 0 Å². The van der Waals surface area contributed by atoms with Gasteiger partial charge >= 0.3 is 0 Å². The Hall–Kier alpha value is -0.870. The lowest BCUT2D eigenvalue weighted by Crippen LogP contribution is -2.35. The first-order valence-corrected chi connectivity index (χ1v) is 8.49. The summed E-state index contributed by atoms with van der Waals surface area (Å²) in [5.74, 6) is 0. The average Bonchev–Trinajstić information content (AvgIpc) is 2.94. The molecule has 1 atom stereocenters. The molecule has 1 aromatic carbocycles. The van der Waals surface area contributed by atoms with Crippen molar-refractivity contribution in [2.45, 2.75) is 30.6 Å². The number of benzene rings is 1. The zero-order chi connectivity index (χ0) is 12.8. The minimum Gasteiger partial charge on any atom is -0.298 e. The van der Waals surface area contributed by atoms with Crippen LogP contribution in [0.1, 0.15) is 17.5 Å². The largest absolute Gasteiger partial charge is 0.298 e. The monoisotopic (exact) mass is 265 g/mol. The lowest BCUT2D eigenvalue weighted by molar-refractivity contribution is 0.250. The molecule has 0 bridgehead atoms. The summed E-state index contributed by atoms with van der Waals surface area (Å²) in [6, 6.07) is 9.07. The summed E-state index contributed by atoms with van der Waals surface area (Å²) in [4.78, 5) is 2.37. The SMILES string of the molecule is CS(=O)(=O)C1CCN(C2Cc3ccccc3C2)C1. The van der Waals surface area contributed by atoms with Gasteiger partial charge in [-0.1, -0.05) is 24.3 Å². The van der Waals surface area contributed by atoms with Crippen LogP contribution in [-0.4, -0.2) is 44.0 Å². The summed E-state index contributed by atoms with van der Waals surface area (Å²) >= 11 is 0. The first-order chi connectivity index (χ1) is 8.54. The van der Waals surface area contributed by atoms with Crippen molar-refractivity contribution in [3.8, 4) is 0 Å². The normalized spacial score (nSPS) is 25.5. The molecular weight excluding hydrogens is 246 g/mol. The summed E-state index contributed by atoms with van der Waals surface area (Å²) in [7, 11) is -2.87. The molecule has 3 nitrogen and oxygen atoms in total. The van der Waals surface area contributed by atoms with E-state index >= 15 is 0 Å². The topological polar surface area (TPSA) is 37.4 Å². The fourth-order valence-corrected chi connectivity index (χ4v) is 4.22. The number of hydrogen-bond acceptors (Lipinski definition) is 3. The average molecular weight is 265 g/mol. The number of sulfone groups is 1. The van der Waals surface area contributed by atoms with Crippen molar-refractivity contribution in [1.29, 1.82) is 0 Å². The van der Waals surface area contributed by atoms with Crippen LogP contribution in [0.3, 0.4) is 0 Å². The van der Waals surface area contributed by atoms with Crippen LogP contribution in [0.5, 0.6) is 0 Å². The second kappa shape index (κ2) is 4.35. The highest BCUT2D eigenvalue weighted by molar-refractivity contribution is 7.91. The second-order valence-corrected chi connectivity index (χ2v) is 7.89. The Morgan fingerprint density at radius 1 is 1.17 bits per heavy atom. The van der Waals surface area contributed by atoms with Gasteiger partial charge in [0.25, 0.3) is 0 Å². The van der Waals surface area contributed by atoms with Gasteiger partial charge in [-0.05, 0) is 36.9 Å². The highest BCUT2D eigenvalue weighted by Gasteiger charge is 2.35. The van der Waals surface area contributed by atoms with E-state index in [0.717, 1.165) is 32.4 Å². The van der Waals surface area contributed by atoms with Gasteiger partial charge in [-0.2, -0.15) is 0 Å². The maximum Gasteiger partial charge on any atom is 0.151 e. The molecule has 2 aliphatic rings. The van der Waals surface area contributed by atoms with Gasteiger partial charge in [0, 0.05) is 18.8 Å². The third kappa shape index (κ3) is 2.19. The van der Waals surface area contributed by atoms with Crippen molar-refractivity contribution in [1.82, 2.24) is 4.90 Å². The number of hydrogen-bond donors (Lipinski definition) is 0. The Kier molecular flexibility index (Phi) is 2.94. The van der Waals surface area contributed by atoms with E-state index < -0.39 is 9.84 Å². The quantitative estimate of drug-likeness (QED) is 0.808. The third-order valence-corrected chi connectivity index (χ3v) is 5.92. The molecule has 0 N–H and O–H groups in total. The van der Waals surface area contributed by atoms with Gasteiger partial charge < -0.3 is 0 Å². The van der Waals surface area contributed by atoms with E-state index in [-0.39, 0.29) is 5.25 Å². The van der Waals surface area contributed by atoms with E-state index in [2.05, 4.69) is 29.2 Å². The van der Waals surface area contributed by atoms with Crippen molar-refractivity contribution in [3.05, 3.63) is 35.4 Å². The molecule has 0 aromatic heterocycles. The van der Waals surface area contributed by atoms with Gasteiger partial charge in [-0.3, -0.25) is 4.90 Å². The van der Waals surface area contributed by atoms with E-state index in [1.54, 1.807) is 0 Å². The molecule has 1 fully saturated rings. The molecule has 0 saturated carbocycles. The highest BCUT2D eigenvalue weighted by atomic mass is 32.2. The molecule has 4 heteroatoms. The van der Waals surface area contributed by atoms with E-state index in [0.29, 0.717) is 6.04 Å². The summed E-state index contributed by atoms with van der Waals surface area (Å²) < 4.78 is 23.2. The van der Waals surface area contributed by atoms with Crippen molar-refractivity contribution >= 4 is 9.84 Å². The number of likely N-dealkylation sites (tertiary alicyclic amines) is 1. The minimum atomic E-state index is -2.87. The van der Waals surface area contributed by atoms with Crippen molar-refractivity contribution in [2.75, 3.05) is 19.3 Å². The highest BCUT2D eigenvalue weighted by Crippen LogP contribution is 2.28. The van der Waals surface area contributed by atoms with Crippen LogP contribution in [0, 0.1) is 0 Å². The molecule has 1 aliphatic carbocycles. The van der Waals surface area contributed by atoms with Gasteiger partial charge in [-0.15, -0.1) is 0 Å². The summed E-state index contributed by atoms with van der Waals surface area (Å²) in [5.41, 5.74) is 2.87. The summed E-state index contributed by atoms with van der Waals surface area (Å²) in [6.45, 7) is 1.65. The Morgan fingerprint density at radius 2 is 1.78 bits per heavy atom. The molecule has 0 radical (unpaired) electrons. The predicted octanol–water partition coefficient (Wildman–Crippen LogP) is 1.27. The molecule has 98 valence electrons. The van der Waals surface area contributed by atoms with Crippen LogP contribution in [0.25, 0.3) is 0 Å². The Balaban J connectivity index is 1.70. The second-order valence-electron chi connectivity index (χ2n) is 5.57. The molecule has 1 heterocycles. The Bertz CT molecular complexity index is 528. The van der Waals surface area contributed by atoms with Crippen LogP contribution in [0.2, 0.25) is 0 Å². The Morgan fingerprint density at radius 3 is 2.28 bits per heavy atom. The van der Waals surface area contributed by atoms with Crippen molar-refractivity contribution < 1.29 is 8.42 Å². The van der Waals surface area contributed by atoms with Gasteiger partial charge in [0.2, 0.25) is 0 Å². The molecule has 3 rings (SSSR count). The fourth-order valence-electron chi connectivity index (χ4n) is 3.23. The molecule has 1 saturated heterocycles. The van der Waals surface area contributed by atoms with Gasteiger partial charge in [0.15, 0.2) is 9.84 Å². The zero-order valence-corrected chi connectivity index (χ0v) is 11.5. The lowest BCUT2D eigenvalue weighted by atomic mass is 10.1. The van der Waals surface area contributed by atoms with Crippen LogP contribution in [0.4, 0.5) is 0 Å².